The Morgan fingerprint density at radius 2 is 1.74 bits per heavy atom. The maximum atomic E-state index is 12.1. The summed E-state index contributed by atoms with van der Waals surface area (Å²) in [4.78, 5) is 25.0. The summed E-state index contributed by atoms with van der Waals surface area (Å²) in [6.45, 7) is 9.12. The van der Waals surface area contributed by atoms with Gasteiger partial charge in [0.25, 0.3) is 0 Å². The van der Waals surface area contributed by atoms with Gasteiger partial charge < -0.3 is 14.2 Å². The highest BCUT2D eigenvalue weighted by atomic mass is 16.7. The average molecular weight is 323 g/mol. The SMILES string of the molecule is CCOC(=O)OCCN(CC)CC(=O)Oc1c(C)cccc1C. The van der Waals surface area contributed by atoms with Crippen molar-refractivity contribution in [1.82, 2.24) is 4.90 Å². The van der Waals surface area contributed by atoms with Gasteiger partial charge in [0.1, 0.15) is 12.4 Å². The molecule has 23 heavy (non-hydrogen) atoms. The van der Waals surface area contributed by atoms with Crippen molar-refractivity contribution in [3.05, 3.63) is 29.3 Å². The van der Waals surface area contributed by atoms with Gasteiger partial charge in [-0.1, -0.05) is 25.1 Å². The first-order valence-electron chi connectivity index (χ1n) is 7.76. The van der Waals surface area contributed by atoms with E-state index in [0.29, 0.717) is 18.8 Å². The van der Waals surface area contributed by atoms with Crippen LogP contribution < -0.4 is 4.74 Å². The van der Waals surface area contributed by atoms with Crippen LogP contribution in [0.1, 0.15) is 25.0 Å². The molecule has 0 aliphatic rings. The van der Waals surface area contributed by atoms with Crippen LogP contribution in [0.4, 0.5) is 4.79 Å². The summed E-state index contributed by atoms with van der Waals surface area (Å²) < 4.78 is 15.0. The Morgan fingerprint density at radius 1 is 1.09 bits per heavy atom. The predicted octanol–water partition coefficient (Wildman–Crippen LogP) is 2.70. The van der Waals surface area contributed by atoms with Crippen LogP contribution >= 0.6 is 0 Å². The molecule has 0 saturated carbocycles. The Morgan fingerprint density at radius 3 is 2.30 bits per heavy atom. The molecule has 6 heteroatoms. The van der Waals surface area contributed by atoms with Crippen LogP contribution in [0.5, 0.6) is 5.75 Å². The number of carbonyl (C=O) groups excluding carboxylic acids is 2. The van der Waals surface area contributed by atoms with Gasteiger partial charge in [0.2, 0.25) is 0 Å². The van der Waals surface area contributed by atoms with Crippen molar-refractivity contribution in [2.75, 3.05) is 32.8 Å². The Labute approximate surface area is 137 Å². The molecule has 0 spiro atoms. The van der Waals surface area contributed by atoms with Gasteiger partial charge in [0.05, 0.1) is 13.2 Å². The fraction of sp³-hybridized carbons (Fsp3) is 0.529. The second-order valence-corrected chi connectivity index (χ2v) is 5.10. The number of ether oxygens (including phenoxy) is 3. The number of likely N-dealkylation sites (N-methyl/N-ethyl adjacent to an activating group) is 1. The van der Waals surface area contributed by atoms with E-state index in [1.54, 1.807) is 6.92 Å². The van der Waals surface area contributed by atoms with Crippen molar-refractivity contribution in [2.24, 2.45) is 0 Å². The van der Waals surface area contributed by atoms with E-state index in [4.69, 9.17) is 9.47 Å². The lowest BCUT2D eigenvalue weighted by Gasteiger charge is -2.19. The molecule has 6 nitrogen and oxygen atoms in total. The number of rotatable bonds is 8. The summed E-state index contributed by atoms with van der Waals surface area (Å²) in [7, 11) is 0. The van der Waals surface area contributed by atoms with Crippen molar-refractivity contribution in [3.8, 4) is 5.75 Å². The van der Waals surface area contributed by atoms with E-state index in [9.17, 15) is 9.59 Å². The van der Waals surface area contributed by atoms with Gasteiger partial charge in [-0.2, -0.15) is 0 Å². The highest BCUT2D eigenvalue weighted by Crippen LogP contribution is 2.22. The van der Waals surface area contributed by atoms with E-state index in [0.717, 1.165) is 11.1 Å². The van der Waals surface area contributed by atoms with Gasteiger partial charge in [-0.3, -0.25) is 9.69 Å². The summed E-state index contributed by atoms with van der Waals surface area (Å²) >= 11 is 0. The fourth-order valence-corrected chi connectivity index (χ4v) is 2.06. The molecule has 0 saturated heterocycles. The van der Waals surface area contributed by atoms with Crippen LogP contribution in [0.25, 0.3) is 0 Å². The molecule has 128 valence electrons. The standard InChI is InChI=1S/C17H25NO5/c1-5-18(10-11-22-17(20)21-6-2)12-15(19)23-16-13(3)8-7-9-14(16)4/h7-9H,5-6,10-12H2,1-4H3. The second kappa shape index (κ2) is 9.84. The minimum Gasteiger partial charge on any atom is -0.435 e. The first kappa shape index (κ1) is 19.0. The number of nitrogens with zero attached hydrogens (tertiary/aromatic N) is 1. The maximum absolute atomic E-state index is 12.1. The largest absolute Gasteiger partial charge is 0.508 e. The molecule has 1 aromatic carbocycles. The van der Waals surface area contributed by atoms with Crippen LogP contribution in [0.2, 0.25) is 0 Å². The molecular weight excluding hydrogens is 298 g/mol. The Balaban J connectivity index is 2.46. The summed E-state index contributed by atoms with van der Waals surface area (Å²) in [6, 6.07) is 5.73. The highest BCUT2D eigenvalue weighted by Gasteiger charge is 2.14. The van der Waals surface area contributed by atoms with E-state index in [1.165, 1.54) is 0 Å². The molecule has 1 aromatic rings. The Bertz CT molecular complexity index is 509. The first-order chi connectivity index (χ1) is 11.0. The molecule has 0 amide bonds. The maximum Gasteiger partial charge on any atom is 0.508 e. The molecule has 0 bridgehead atoms. The lowest BCUT2D eigenvalue weighted by atomic mass is 10.1. The third-order valence-corrected chi connectivity index (χ3v) is 3.31. The van der Waals surface area contributed by atoms with E-state index in [-0.39, 0.29) is 25.7 Å². The van der Waals surface area contributed by atoms with E-state index < -0.39 is 6.16 Å². The number of hydrogen-bond donors (Lipinski definition) is 0. The van der Waals surface area contributed by atoms with Gasteiger partial charge in [-0.05, 0) is 38.4 Å². The van der Waals surface area contributed by atoms with Crippen LogP contribution in [0, 0.1) is 13.8 Å². The monoisotopic (exact) mass is 323 g/mol. The highest BCUT2D eigenvalue weighted by molar-refractivity contribution is 5.75. The molecule has 0 fully saturated rings. The molecular formula is C17H25NO5. The number of hydrogen-bond acceptors (Lipinski definition) is 6. The zero-order valence-electron chi connectivity index (χ0n) is 14.3. The van der Waals surface area contributed by atoms with Crippen LogP contribution in [-0.4, -0.2) is 49.9 Å². The number of aryl methyl sites for hydroxylation is 2. The predicted molar refractivity (Wildman–Crippen MR) is 86.6 cm³/mol. The lowest BCUT2D eigenvalue weighted by molar-refractivity contribution is -0.135. The molecule has 0 aromatic heterocycles. The Hall–Kier alpha value is -2.08. The molecule has 0 N–H and O–H groups in total. The first-order valence-corrected chi connectivity index (χ1v) is 7.76. The molecule has 0 unspecified atom stereocenters. The Kier molecular flexibility index (Phi) is 8.11. The van der Waals surface area contributed by atoms with E-state index >= 15 is 0 Å². The number of benzene rings is 1. The minimum atomic E-state index is -0.693. The van der Waals surface area contributed by atoms with Gasteiger partial charge in [-0.15, -0.1) is 0 Å². The number of esters is 1. The molecule has 0 atom stereocenters. The van der Waals surface area contributed by atoms with Crippen LogP contribution in [0.3, 0.4) is 0 Å². The van der Waals surface area contributed by atoms with Crippen molar-refractivity contribution in [3.63, 3.8) is 0 Å². The van der Waals surface area contributed by atoms with Gasteiger partial charge in [0, 0.05) is 6.54 Å². The zero-order valence-corrected chi connectivity index (χ0v) is 14.3. The number of para-hydroxylation sites is 1. The summed E-state index contributed by atoms with van der Waals surface area (Å²) in [6.07, 6.45) is -0.693. The number of carbonyl (C=O) groups is 2. The van der Waals surface area contributed by atoms with E-state index in [2.05, 4.69) is 4.74 Å². The summed E-state index contributed by atoms with van der Waals surface area (Å²) in [5.41, 5.74) is 1.85. The smallest absolute Gasteiger partial charge is 0.435 e. The van der Waals surface area contributed by atoms with E-state index in [1.807, 2.05) is 43.9 Å². The summed E-state index contributed by atoms with van der Waals surface area (Å²) in [5, 5.41) is 0. The molecule has 0 heterocycles. The van der Waals surface area contributed by atoms with Crippen LogP contribution in [-0.2, 0) is 14.3 Å². The molecule has 0 aliphatic heterocycles. The molecule has 0 radical (unpaired) electrons. The third-order valence-electron chi connectivity index (χ3n) is 3.31. The quantitative estimate of drug-likeness (QED) is 0.541. The van der Waals surface area contributed by atoms with Crippen molar-refractivity contribution >= 4 is 12.1 Å². The topological polar surface area (TPSA) is 65.1 Å². The minimum absolute atomic E-state index is 0.135. The lowest BCUT2D eigenvalue weighted by Crippen LogP contribution is -2.35. The normalized spacial score (nSPS) is 10.5. The van der Waals surface area contributed by atoms with Crippen molar-refractivity contribution in [1.29, 1.82) is 0 Å². The van der Waals surface area contributed by atoms with Crippen molar-refractivity contribution < 1.29 is 23.8 Å². The third kappa shape index (κ3) is 6.69. The van der Waals surface area contributed by atoms with Gasteiger partial charge >= 0.3 is 12.1 Å². The average Bonchev–Trinajstić information content (AvgIpc) is 2.50. The fourth-order valence-electron chi connectivity index (χ4n) is 2.06. The molecule has 1 rings (SSSR count). The van der Waals surface area contributed by atoms with Crippen molar-refractivity contribution in [2.45, 2.75) is 27.7 Å². The zero-order chi connectivity index (χ0) is 17.2. The van der Waals surface area contributed by atoms with Gasteiger partial charge in [-0.25, -0.2) is 4.79 Å². The molecule has 0 aliphatic carbocycles. The van der Waals surface area contributed by atoms with Gasteiger partial charge in [0.15, 0.2) is 0 Å². The summed E-state index contributed by atoms with van der Waals surface area (Å²) in [5.74, 6) is 0.275. The second-order valence-electron chi connectivity index (χ2n) is 5.10. The van der Waals surface area contributed by atoms with Crippen LogP contribution in [0.15, 0.2) is 18.2 Å².